The van der Waals surface area contributed by atoms with Crippen molar-refractivity contribution in [1.82, 2.24) is 0 Å². The number of carbonyl (C=O) groups excluding carboxylic acids is 2. The van der Waals surface area contributed by atoms with Crippen LogP contribution in [0.2, 0.25) is 5.02 Å². The van der Waals surface area contributed by atoms with E-state index in [1.165, 1.54) is 6.92 Å². The maximum absolute atomic E-state index is 11.9. The fourth-order valence-electron chi connectivity index (χ4n) is 1.88. The molecule has 0 saturated carbocycles. The maximum Gasteiger partial charge on any atom is 0.228 e. The fourth-order valence-corrected chi connectivity index (χ4v) is 2.09. The predicted molar refractivity (Wildman–Crippen MR) is 84.5 cm³/mol. The molecule has 2 rings (SSSR count). The fraction of sp³-hybridized carbons (Fsp3) is 0.125. The average Bonchev–Trinajstić information content (AvgIpc) is 2.40. The Balaban J connectivity index is 1.95. The summed E-state index contributed by atoms with van der Waals surface area (Å²) in [7, 11) is 0. The van der Waals surface area contributed by atoms with Gasteiger partial charge in [0.25, 0.3) is 0 Å². The van der Waals surface area contributed by atoms with Crippen molar-refractivity contribution in [2.45, 2.75) is 13.3 Å². The first-order valence-electron chi connectivity index (χ1n) is 6.45. The standard InChI is InChI=1S/C16H15ClN2O2/c1-11(20)18-14-5-7-15(8-6-14)19-16(21)10-12-3-2-4-13(17)9-12/h2-9H,10H2,1H3,(H,18,20)(H,19,21). The van der Waals surface area contributed by atoms with Gasteiger partial charge < -0.3 is 10.6 Å². The topological polar surface area (TPSA) is 58.2 Å². The van der Waals surface area contributed by atoms with Gasteiger partial charge in [-0.3, -0.25) is 9.59 Å². The molecule has 0 aromatic heterocycles. The van der Waals surface area contributed by atoms with Crippen LogP contribution in [-0.2, 0) is 16.0 Å². The van der Waals surface area contributed by atoms with Crippen LogP contribution in [0.3, 0.4) is 0 Å². The van der Waals surface area contributed by atoms with E-state index in [9.17, 15) is 9.59 Å². The number of hydrogen-bond acceptors (Lipinski definition) is 2. The zero-order valence-electron chi connectivity index (χ0n) is 11.5. The lowest BCUT2D eigenvalue weighted by molar-refractivity contribution is -0.116. The van der Waals surface area contributed by atoms with Crippen molar-refractivity contribution in [2.75, 3.05) is 10.6 Å². The molecule has 2 amide bonds. The molecule has 2 aromatic rings. The van der Waals surface area contributed by atoms with Crippen molar-refractivity contribution in [2.24, 2.45) is 0 Å². The molecule has 0 aliphatic heterocycles. The number of rotatable bonds is 4. The highest BCUT2D eigenvalue weighted by molar-refractivity contribution is 6.30. The second-order valence-electron chi connectivity index (χ2n) is 4.61. The first kappa shape index (κ1) is 15.1. The minimum atomic E-state index is -0.132. The summed E-state index contributed by atoms with van der Waals surface area (Å²) in [6.07, 6.45) is 0.258. The quantitative estimate of drug-likeness (QED) is 0.908. The summed E-state index contributed by atoms with van der Waals surface area (Å²) < 4.78 is 0. The minimum absolute atomic E-state index is 0.121. The van der Waals surface area contributed by atoms with Crippen molar-refractivity contribution in [3.8, 4) is 0 Å². The minimum Gasteiger partial charge on any atom is -0.326 e. The van der Waals surface area contributed by atoms with Gasteiger partial charge in [0.05, 0.1) is 6.42 Å². The maximum atomic E-state index is 11.9. The van der Waals surface area contributed by atoms with Crippen LogP contribution in [0.5, 0.6) is 0 Å². The molecule has 0 heterocycles. The molecule has 0 saturated heterocycles. The van der Waals surface area contributed by atoms with E-state index < -0.39 is 0 Å². The summed E-state index contributed by atoms with van der Waals surface area (Å²) in [5.74, 6) is -0.253. The van der Waals surface area contributed by atoms with Gasteiger partial charge in [-0.15, -0.1) is 0 Å². The van der Waals surface area contributed by atoms with Gasteiger partial charge >= 0.3 is 0 Å². The third kappa shape index (κ3) is 4.93. The van der Waals surface area contributed by atoms with E-state index in [4.69, 9.17) is 11.6 Å². The smallest absolute Gasteiger partial charge is 0.228 e. The molecule has 2 aromatic carbocycles. The number of carbonyl (C=O) groups is 2. The van der Waals surface area contributed by atoms with Crippen molar-refractivity contribution >= 4 is 34.8 Å². The molecule has 0 bridgehead atoms. The molecule has 0 atom stereocenters. The average molecular weight is 303 g/mol. The highest BCUT2D eigenvalue weighted by atomic mass is 35.5. The summed E-state index contributed by atoms with van der Waals surface area (Å²) in [6.45, 7) is 1.45. The second-order valence-corrected chi connectivity index (χ2v) is 5.05. The van der Waals surface area contributed by atoms with E-state index >= 15 is 0 Å². The van der Waals surface area contributed by atoms with E-state index in [1.807, 2.05) is 12.1 Å². The largest absolute Gasteiger partial charge is 0.326 e. The Morgan fingerprint density at radius 2 is 1.62 bits per heavy atom. The van der Waals surface area contributed by atoms with Gasteiger partial charge in [-0.25, -0.2) is 0 Å². The lowest BCUT2D eigenvalue weighted by atomic mass is 10.1. The van der Waals surface area contributed by atoms with Crippen molar-refractivity contribution < 1.29 is 9.59 Å². The molecule has 2 N–H and O–H groups in total. The van der Waals surface area contributed by atoms with Gasteiger partial charge in [-0.1, -0.05) is 23.7 Å². The Bertz CT molecular complexity index is 654. The predicted octanol–water partition coefficient (Wildman–Crippen LogP) is 3.48. The van der Waals surface area contributed by atoms with Crippen LogP contribution in [0.4, 0.5) is 11.4 Å². The third-order valence-corrected chi connectivity index (χ3v) is 2.98. The highest BCUT2D eigenvalue weighted by Gasteiger charge is 2.05. The van der Waals surface area contributed by atoms with Crippen LogP contribution in [0.25, 0.3) is 0 Å². The Morgan fingerprint density at radius 1 is 1.00 bits per heavy atom. The second kappa shape index (κ2) is 6.90. The van der Waals surface area contributed by atoms with Gasteiger partial charge in [-0.2, -0.15) is 0 Å². The first-order chi connectivity index (χ1) is 10.0. The number of nitrogens with one attached hydrogen (secondary N) is 2. The highest BCUT2D eigenvalue weighted by Crippen LogP contribution is 2.15. The summed E-state index contributed by atoms with van der Waals surface area (Å²) in [5, 5.41) is 6.07. The number of benzene rings is 2. The molecule has 108 valence electrons. The molecule has 5 heteroatoms. The molecule has 0 spiro atoms. The Hall–Kier alpha value is -2.33. The van der Waals surface area contributed by atoms with Crippen molar-refractivity contribution in [3.05, 3.63) is 59.1 Å². The molecule has 0 aliphatic rings. The number of hydrogen-bond donors (Lipinski definition) is 2. The summed E-state index contributed by atoms with van der Waals surface area (Å²) in [6, 6.07) is 14.1. The summed E-state index contributed by atoms with van der Waals surface area (Å²) in [5.41, 5.74) is 2.22. The van der Waals surface area contributed by atoms with Crippen LogP contribution < -0.4 is 10.6 Å². The van der Waals surface area contributed by atoms with E-state index in [0.29, 0.717) is 16.4 Å². The zero-order valence-corrected chi connectivity index (χ0v) is 12.3. The van der Waals surface area contributed by atoms with E-state index in [2.05, 4.69) is 10.6 Å². The van der Waals surface area contributed by atoms with Gasteiger partial charge in [0.2, 0.25) is 11.8 Å². The number of amides is 2. The SMILES string of the molecule is CC(=O)Nc1ccc(NC(=O)Cc2cccc(Cl)c2)cc1. The Morgan fingerprint density at radius 3 is 2.19 bits per heavy atom. The van der Waals surface area contributed by atoms with Crippen LogP contribution in [0.1, 0.15) is 12.5 Å². The normalized spacial score (nSPS) is 10.0. The molecule has 0 fully saturated rings. The zero-order chi connectivity index (χ0) is 15.2. The molecule has 0 aliphatic carbocycles. The van der Waals surface area contributed by atoms with E-state index in [1.54, 1.807) is 36.4 Å². The van der Waals surface area contributed by atoms with Gasteiger partial charge in [-0.05, 0) is 42.0 Å². The first-order valence-corrected chi connectivity index (χ1v) is 6.83. The van der Waals surface area contributed by atoms with Crippen LogP contribution in [-0.4, -0.2) is 11.8 Å². The molecule has 21 heavy (non-hydrogen) atoms. The molecule has 0 unspecified atom stereocenters. The number of anilines is 2. The Kier molecular flexibility index (Phi) is 4.95. The van der Waals surface area contributed by atoms with Crippen molar-refractivity contribution in [3.63, 3.8) is 0 Å². The Labute approximate surface area is 128 Å². The molecule has 4 nitrogen and oxygen atoms in total. The van der Waals surface area contributed by atoms with E-state index in [-0.39, 0.29) is 18.2 Å². The van der Waals surface area contributed by atoms with Crippen LogP contribution in [0, 0.1) is 0 Å². The van der Waals surface area contributed by atoms with Crippen LogP contribution >= 0.6 is 11.6 Å². The van der Waals surface area contributed by atoms with Gasteiger partial charge in [0.1, 0.15) is 0 Å². The third-order valence-electron chi connectivity index (χ3n) is 2.74. The van der Waals surface area contributed by atoms with Gasteiger partial charge in [0, 0.05) is 23.3 Å². The summed E-state index contributed by atoms with van der Waals surface area (Å²) in [4.78, 5) is 22.8. The van der Waals surface area contributed by atoms with E-state index in [0.717, 1.165) is 5.56 Å². The lowest BCUT2D eigenvalue weighted by Gasteiger charge is -2.07. The van der Waals surface area contributed by atoms with Crippen molar-refractivity contribution in [1.29, 1.82) is 0 Å². The molecular weight excluding hydrogens is 288 g/mol. The summed E-state index contributed by atoms with van der Waals surface area (Å²) >= 11 is 5.88. The molecule has 0 radical (unpaired) electrons. The van der Waals surface area contributed by atoms with Crippen LogP contribution in [0.15, 0.2) is 48.5 Å². The molecular formula is C16H15ClN2O2. The number of halogens is 1. The van der Waals surface area contributed by atoms with Gasteiger partial charge in [0.15, 0.2) is 0 Å². The lowest BCUT2D eigenvalue weighted by Crippen LogP contribution is -2.14. The monoisotopic (exact) mass is 302 g/mol.